The van der Waals surface area contributed by atoms with Crippen LogP contribution in [0.3, 0.4) is 0 Å². The van der Waals surface area contributed by atoms with Crippen LogP contribution in [0.25, 0.3) is 11.3 Å². The van der Waals surface area contributed by atoms with Crippen LogP contribution in [0.2, 0.25) is 0 Å². The van der Waals surface area contributed by atoms with E-state index in [0.717, 1.165) is 29.5 Å². The third kappa shape index (κ3) is 5.54. The van der Waals surface area contributed by atoms with Crippen molar-refractivity contribution in [2.75, 3.05) is 11.3 Å². The lowest BCUT2D eigenvalue weighted by Gasteiger charge is -2.48. The zero-order chi connectivity index (χ0) is 29.2. The Hall–Kier alpha value is -3.53. The minimum atomic E-state index is -4.19. The van der Waals surface area contributed by atoms with Crippen molar-refractivity contribution in [3.63, 3.8) is 0 Å². The molecule has 1 atom stereocenters. The van der Waals surface area contributed by atoms with E-state index in [1.54, 1.807) is 18.2 Å². The van der Waals surface area contributed by atoms with Gasteiger partial charge in [-0.2, -0.15) is 13.4 Å². The molecule has 6 rings (SSSR count). The van der Waals surface area contributed by atoms with Crippen molar-refractivity contribution in [1.29, 1.82) is 0 Å². The van der Waals surface area contributed by atoms with Gasteiger partial charge in [0.05, 0.1) is 11.7 Å². The normalized spacial score (nSPS) is 21.5. The maximum absolute atomic E-state index is 14.2. The number of sulfonamides is 1. The molecule has 4 bridgehead atoms. The first kappa shape index (κ1) is 27.6. The Morgan fingerprint density at radius 1 is 1.00 bits per heavy atom. The van der Waals surface area contributed by atoms with E-state index in [-0.39, 0.29) is 52.6 Å². The maximum atomic E-state index is 14.2. The quantitative estimate of drug-likeness (QED) is 0.436. The summed E-state index contributed by atoms with van der Waals surface area (Å²) in [6.07, 6.45) is 5.00. The monoisotopic (exact) mass is 575 g/mol. The Labute approximate surface area is 241 Å². The van der Waals surface area contributed by atoms with Crippen molar-refractivity contribution < 1.29 is 17.9 Å². The van der Waals surface area contributed by atoms with Crippen LogP contribution in [0.15, 0.2) is 47.5 Å². The summed E-state index contributed by atoms with van der Waals surface area (Å²) in [5, 5.41) is -0.259. The highest BCUT2D eigenvalue weighted by Gasteiger charge is 2.56. The van der Waals surface area contributed by atoms with Crippen LogP contribution in [0.1, 0.15) is 74.5 Å². The summed E-state index contributed by atoms with van der Waals surface area (Å²) in [4.78, 5) is 29.5. The SMILES string of the molecule is Cc1cccc(C)c1-c1cc2nc(n1)NS(=O)(=O)c1cccc(n1)C(=O)N(C1CC3(CC3)C1)[C@H](CC(C)(C)C)CO2. The largest absolute Gasteiger partial charge is 0.475 e. The Kier molecular flexibility index (Phi) is 6.60. The fourth-order valence-electron chi connectivity index (χ4n) is 6.36. The van der Waals surface area contributed by atoms with Crippen molar-refractivity contribution in [1.82, 2.24) is 19.9 Å². The van der Waals surface area contributed by atoms with Gasteiger partial charge in [-0.1, -0.05) is 45.0 Å². The summed E-state index contributed by atoms with van der Waals surface area (Å²) in [7, 11) is -4.19. The third-order valence-electron chi connectivity index (χ3n) is 8.47. The molecule has 41 heavy (non-hydrogen) atoms. The molecule has 2 aliphatic carbocycles. The Balaban J connectivity index is 1.49. The standard InChI is InChI=1S/C31H37N5O4S/c1-19-8-6-9-20(2)27(19)24-14-25-34-29(33-24)35-41(38,39)26-11-7-10-23(32-26)28(37)36(21-16-31(17-21)12-13-31)22(18-40-25)15-30(3,4)5/h6-11,14,21-22H,12-13,15-18H2,1-5H3,(H,33,34,35)/t22-/m1/s1. The topological polar surface area (TPSA) is 114 Å². The summed E-state index contributed by atoms with van der Waals surface area (Å²) in [5.74, 6) is -0.140. The van der Waals surface area contributed by atoms with E-state index < -0.39 is 10.0 Å². The fraction of sp³-hybridized carbons (Fsp3) is 0.484. The molecule has 3 aliphatic rings. The number of hydrogen-bond donors (Lipinski definition) is 1. The average molecular weight is 576 g/mol. The smallest absolute Gasteiger partial charge is 0.281 e. The van der Waals surface area contributed by atoms with Gasteiger partial charge in [0.1, 0.15) is 12.3 Å². The van der Waals surface area contributed by atoms with Crippen LogP contribution >= 0.6 is 0 Å². The molecule has 216 valence electrons. The first-order chi connectivity index (χ1) is 19.3. The second kappa shape index (κ2) is 9.79. The van der Waals surface area contributed by atoms with Gasteiger partial charge in [-0.3, -0.25) is 4.79 Å². The van der Waals surface area contributed by atoms with Crippen molar-refractivity contribution in [3.8, 4) is 17.1 Å². The first-order valence-electron chi connectivity index (χ1n) is 14.2. The van der Waals surface area contributed by atoms with E-state index in [0.29, 0.717) is 17.5 Å². The van der Waals surface area contributed by atoms with E-state index in [1.165, 1.54) is 18.9 Å². The molecule has 2 aromatic heterocycles. The van der Waals surface area contributed by atoms with Crippen LogP contribution in [0, 0.1) is 24.7 Å². The van der Waals surface area contributed by atoms with Gasteiger partial charge in [-0.05, 0) is 80.0 Å². The van der Waals surface area contributed by atoms with E-state index in [9.17, 15) is 13.2 Å². The van der Waals surface area contributed by atoms with Crippen LogP contribution in [-0.2, 0) is 10.0 Å². The highest BCUT2D eigenvalue weighted by Crippen LogP contribution is 2.62. The number of aromatic nitrogens is 3. The molecule has 2 fully saturated rings. The van der Waals surface area contributed by atoms with Crippen LogP contribution in [-0.4, -0.2) is 52.9 Å². The van der Waals surface area contributed by atoms with Crippen molar-refractivity contribution >= 4 is 21.9 Å². The number of anilines is 1. The van der Waals surface area contributed by atoms with E-state index >= 15 is 0 Å². The second-order valence-corrected chi connectivity index (χ2v) is 14.8. The number of carbonyl (C=O) groups is 1. The molecule has 10 heteroatoms. The minimum absolute atomic E-state index is 0.0532. The molecular weight excluding hydrogens is 538 g/mol. The number of nitrogens with one attached hydrogen (secondary N) is 1. The van der Waals surface area contributed by atoms with Gasteiger partial charge >= 0.3 is 0 Å². The highest BCUT2D eigenvalue weighted by atomic mass is 32.2. The number of benzene rings is 1. The molecule has 1 spiro atoms. The molecule has 0 unspecified atom stereocenters. The number of rotatable bonds is 3. The van der Waals surface area contributed by atoms with Gasteiger partial charge in [0.15, 0.2) is 5.03 Å². The molecule has 0 saturated heterocycles. The predicted octanol–water partition coefficient (Wildman–Crippen LogP) is 5.54. The average Bonchev–Trinajstić information content (AvgIpc) is 3.67. The Morgan fingerprint density at radius 2 is 1.68 bits per heavy atom. The summed E-state index contributed by atoms with van der Waals surface area (Å²) in [5.41, 5.74) is 3.80. The fourth-order valence-corrected chi connectivity index (χ4v) is 7.27. The van der Waals surface area contributed by atoms with E-state index in [2.05, 4.69) is 40.4 Å². The number of amides is 1. The van der Waals surface area contributed by atoms with Gasteiger partial charge in [-0.25, -0.2) is 14.7 Å². The lowest BCUT2D eigenvalue weighted by atomic mass is 9.74. The number of fused-ring (bicyclic) bond motifs is 4. The lowest BCUT2D eigenvalue weighted by molar-refractivity contribution is 0.00416. The number of hydrogen-bond acceptors (Lipinski definition) is 7. The number of nitrogens with zero attached hydrogens (tertiary/aromatic N) is 4. The van der Waals surface area contributed by atoms with E-state index in [4.69, 9.17) is 4.74 Å². The molecule has 1 aromatic carbocycles. The number of aryl methyl sites for hydroxylation is 2. The molecule has 1 N–H and O–H groups in total. The Bertz CT molecular complexity index is 1600. The van der Waals surface area contributed by atoms with Crippen molar-refractivity contribution in [2.45, 2.75) is 83.8 Å². The first-order valence-corrected chi connectivity index (χ1v) is 15.7. The molecular formula is C31H37N5O4S. The maximum Gasteiger partial charge on any atom is 0.281 e. The summed E-state index contributed by atoms with van der Waals surface area (Å²) in [6, 6.07) is 12.0. The molecule has 1 aliphatic heterocycles. The summed E-state index contributed by atoms with van der Waals surface area (Å²) < 4.78 is 35.8. The highest BCUT2D eigenvalue weighted by molar-refractivity contribution is 7.92. The summed E-state index contributed by atoms with van der Waals surface area (Å²) in [6.45, 7) is 10.6. The van der Waals surface area contributed by atoms with Crippen LogP contribution < -0.4 is 9.46 Å². The molecule has 1 amide bonds. The molecule has 3 aromatic rings. The second-order valence-electron chi connectivity index (χ2n) is 13.2. The number of carbonyl (C=O) groups excluding carboxylic acids is 1. The van der Waals surface area contributed by atoms with Crippen molar-refractivity contribution in [3.05, 3.63) is 59.3 Å². The summed E-state index contributed by atoms with van der Waals surface area (Å²) >= 11 is 0. The van der Waals surface area contributed by atoms with Gasteiger partial charge in [0, 0.05) is 17.7 Å². The van der Waals surface area contributed by atoms with Crippen LogP contribution in [0.5, 0.6) is 5.88 Å². The van der Waals surface area contributed by atoms with Gasteiger partial charge in [0.25, 0.3) is 15.9 Å². The van der Waals surface area contributed by atoms with Gasteiger partial charge in [0.2, 0.25) is 11.8 Å². The lowest BCUT2D eigenvalue weighted by Crippen LogP contribution is -2.56. The number of ether oxygens (including phenoxy) is 1. The molecule has 3 heterocycles. The van der Waals surface area contributed by atoms with Gasteiger partial charge in [-0.15, -0.1) is 0 Å². The zero-order valence-corrected chi connectivity index (χ0v) is 25.1. The minimum Gasteiger partial charge on any atom is -0.475 e. The predicted molar refractivity (Wildman–Crippen MR) is 156 cm³/mol. The molecule has 2 saturated carbocycles. The zero-order valence-electron chi connectivity index (χ0n) is 24.3. The number of pyridine rings is 1. The van der Waals surface area contributed by atoms with E-state index in [1.807, 2.05) is 36.9 Å². The van der Waals surface area contributed by atoms with Gasteiger partial charge < -0.3 is 9.64 Å². The Morgan fingerprint density at radius 3 is 2.34 bits per heavy atom. The van der Waals surface area contributed by atoms with Crippen LogP contribution in [0.4, 0.5) is 5.95 Å². The molecule has 0 radical (unpaired) electrons. The third-order valence-corrected chi connectivity index (χ3v) is 9.70. The molecule has 9 nitrogen and oxygen atoms in total. The van der Waals surface area contributed by atoms with Crippen molar-refractivity contribution in [2.24, 2.45) is 10.8 Å².